The summed E-state index contributed by atoms with van der Waals surface area (Å²) in [7, 11) is 1.67. The molecule has 0 aromatic carbocycles. The Morgan fingerprint density at radius 1 is 1.40 bits per heavy atom. The Labute approximate surface area is 60.9 Å². The van der Waals surface area contributed by atoms with Gasteiger partial charge in [0.15, 0.2) is 0 Å². The molecule has 0 bridgehead atoms. The zero-order chi connectivity index (χ0) is 7.40. The summed E-state index contributed by atoms with van der Waals surface area (Å²) in [5, 5.41) is 1.35. The van der Waals surface area contributed by atoms with Gasteiger partial charge in [0.25, 0.3) is 0 Å². The second kappa shape index (κ2) is 3.56. The number of nitrogens with zero attached hydrogens (tertiary/aromatic N) is 1. The summed E-state index contributed by atoms with van der Waals surface area (Å²) in [6.45, 7) is 0.683. The zero-order valence-corrected chi connectivity index (χ0v) is 6.30. The van der Waals surface area contributed by atoms with Gasteiger partial charge in [-0.25, -0.2) is 5.06 Å². The van der Waals surface area contributed by atoms with E-state index in [9.17, 15) is 4.79 Å². The van der Waals surface area contributed by atoms with E-state index < -0.39 is 0 Å². The molecule has 0 aliphatic carbocycles. The minimum absolute atomic E-state index is 0.0969. The number of rotatable bonds is 0. The fourth-order valence-electron chi connectivity index (χ4n) is 0.986. The summed E-state index contributed by atoms with van der Waals surface area (Å²) in [5.41, 5.74) is 0. The van der Waals surface area contributed by atoms with E-state index in [1.807, 2.05) is 0 Å². The van der Waals surface area contributed by atoms with Crippen molar-refractivity contribution in [3.63, 3.8) is 0 Å². The molecule has 1 fully saturated rings. The third-order valence-corrected chi connectivity index (χ3v) is 1.67. The second-order valence-electron chi connectivity index (χ2n) is 2.54. The maximum Gasteiger partial charge on any atom is 0.245 e. The van der Waals surface area contributed by atoms with Crippen molar-refractivity contribution in [2.24, 2.45) is 0 Å². The summed E-state index contributed by atoms with van der Waals surface area (Å²) < 4.78 is 0. The summed E-state index contributed by atoms with van der Waals surface area (Å²) in [5.74, 6) is 0.0969. The van der Waals surface area contributed by atoms with Gasteiger partial charge < -0.3 is 0 Å². The molecule has 1 saturated heterocycles. The van der Waals surface area contributed by atoms with Crippen molar-refractivity contribution in [2.45, 2.75) is 25.7 Å². The van der Waals surface area contributed by atoms with Gasteiger partial charge in [0.2, 0.25) is 5.91 Å². The quantitative estimate of drug-likeness (QED) is 0.505. The first-order chi connectivity index (χ1) is 4.80. The van der Waals surface area contributed by atoms with E-state index in [2.05, 4.69) is 0 Å². The molecule has 0 spiro atoms. The molecule has 0 aromatic heterocycles. The van der Waals surface area contributed by atoms with Gasteiger partial charge in [-0.1, -0.05) is 6.42 Å². The van der Waals surface area contributed by atoms with Crippen LogP contribution in [0.25, 0.3) is 0 Å². The Hall–Kier alpha value is -0.570. The smallest absolute Gasteiger partial charge is 0.245 e. The molecule has 1 aliphatic rings. The lowest BCUT2D eigenvalue weighted by atomic mass is 10.2. The number of hydrogen-bond acceptors (Lipinski definition) is 2. The van der Waals surface area contributed by atoms with Crippen molar-refractivity contribution in [3.8, 4) is 0 Å². The minimum Gasteiger partial charge on any atom is -0.273 e. The zero-order valence-electron chi connectivity index (χ0n) is 6.30. The molecule has 0 radical (unpaired) electrons. The van der Waals surface area contributed by atoms with E-state index in [-0.39, 0.29) is 5.91 Å². The van der Waals surface area contributed by atoms with Crippen LogP contribution < -0.4 is 0 Å². The van der Waals surface area contributed by atoms with Crippen molar-refractivity contribution in [2.75, 3.05) is 13.7 Å². The molecule has 0 N–H and O–H groups in total. The maximum atomic E-state index is 11.0. The van der Waals surface area contributed by atoms with Gasteiger partial charge in [-0.3, -0.25) is 9.63 Å². The van der Waals surface area contributed by atoms with Gasteiger partial charge >= 0.3 is 0 Å². The largest absolute Gasteiger partial charge is 0.273 e. The highest BCUT2D eigenvalue weighted by Gasteiger charge is 2.10. The van der Waals surface area contributed by atoms with Crippen LogP contribution in [0.2, 0.25) is 0 Å². The number of carbonyl (C=O) groups excluding carboxylic acids is 1. The number of hydroxylamine groups is 2. The lowest BCUT2D eigenvalue weighted by Gasteiger charge is -2.18. The minimum atomic E-state index is 0.0969. The van der Waals surface area contributed by atoms with Gasteiger partial charge in [0, 0.05) is 13.5 Å². The molecular formula is C7H13NO2. The molecule has 1 amide bonds. The van der Waals surface area contributed by atoms with Crippen LogP contribution in [-0.2, 0) is 9.63 Å². The van der Waals surface area contributed by atoms with Crippen LogP contribution >= 0.6 is 0 Å². The van der Waals surface area contributed by atoms with Gasteiger partial charge in [-0.2, -0.15) is 0 Å². The first-order valence-electron chi connectivity index (χ1n) is 3.70. The lowest BCUT2D eigenvalue weighted by molar-refractivity contribution is -0.180. The molecule has 1 heterocycles. The van der Waals surface area contributed by atoms with E-state index in [1.54, 1.807) is 7.05 Å². The van der Waals surface area contributed by atoms with Crippen LogP contribution in [0, 0.1) is 0 Å². The summed E-state index contributed by atoms with van der Waals surface area (Å²) in [6, 6.07) is 0. The van der Waals surface area contributed by atoms with Crippen molar-refractivity contribution in [3.05, 3.63) is 0 Å². The van der Waals surface area contributed by atoms with Crippen LogP contribution in [0.3, 0.4) is 0 Å². The van der Waals surface area contributed by atoms with E-state index in [0.717, 1.165) is 19.3 Å². The molecule has 10 heavy (non-hydrogen) atoms. The second-order valence-corrected chi connectivity index (χ2v) is 2.54. The van der Waals surface area contributed by atoms with E-state index >= 15 is 0 Å². The highest BCUT2D eigenvalue weighted by Crippen LogP contribution is 2.07. The van der Waals surface area contributed by atoms with Gasteiger partial charge in [-0.05, 0) is 12.8 Å². The van der Waals surface area contributed by atoms with Crippen molar-refractivity contribution in [1.82, 2.24) is 5.06 Å². The normalized spacial score (nSPS) is 22.1. The average molecular weight is 143 g/mol. The number of hydrogen-bond donors (Lipinski definition) is 0. The molecule has 3 heteroatoms. The Morgan fingerprint density at radius 3 is 3.00 bits per heavy atom. The van der Waals surface area contributed by atoms with Gasteiger partial charge in [-0.15, -0.1) is 0 Å². The van der Waals surface area contributed by atoms with Crippen LogP contribution in [0.4, 0.5) is 0 Å². The van der Waals surface area contributed by atoms with Crippen LogP contribution in [0.1, 0.15) is 25.7 Å². The third-order valence-electron chi connectivity index (χ3n) is 1.67. The fraction of sp³-hybridized carbons (Fsp3) is 0.857. The summed E-state index contributed by atoms with van der Waals surface area (Å²) in [4.78, 5) is 16.0. The van der Waals surface area contributed by atoms with Crippen molar-refractivity contribution in [1.29, 1.82) is 0 Å². The lowest BCUT2D eigenvalue weighted by Crippen LogP contribution is -2.28. The fourth-order valence-corrected chi connectivity index (χ4v) is 0.986. The van der Waals surface area contributed by atoms with Crippen LogP contribution in [-0.4, -0.2) is 24.6 Å². The Bertz CT molecular complexity index is 125. The number of amides is 1. The first-order valence-corrected chi connectivity index (χ1v) is 3.70. The Kier molecular flexibility index (Phi) is 2.68. The monoisotopic (exact) mass is 143 g/mol. The topological polar surface area (TPSA) is 29.5 Å². The van der Waals surface area contributed by atoms with Gasteiger partial charge in [0.1, 0.15) is 0 Å². The molecule has 3 nitrogen and oxygen atoms in total. The highest BCUT2D eigenvalue weighted by atomic mass is 16.7. The van der Waals surface area contributed by atoms with Crippen molar-refractivity contribution < 1.29 is 9.63 Å². The first kappa shape index (κ1) is 7.54. The predicted octanol–water partition coefficient (Wildman–Crippen LogP) is 0.950. The van der Waals surface area contributed by atoms with Crippen molar-refractivity contribution >= 4 is 5.91 Å². The molecule has 0 saturated carbocycles. The Morgan fingerprint density at radius 2 is 2.20 bits per heavy atom. The van der Waals surface area contributed by atoms with Crippen LogP contribution in [0.5, 0.6) is 0 Å². The Balaban J connectivity index is 2.35. The predicted molar refractivity (Wildman–Crippen MR) is 37.2 cm³/mol. The SMILES string of the molecule is CN1OCCCCCC1=O. The summed E-state index contributed by atoms with van der Waals surface area (Å²) in [6.07, 6.45) is 3.82. The average Bonchev–Trinajstić information content (AvgIpc) is 1.92. The van der Waals surface area contributed by atoms with E-state index in [1.165, 1.54) is 5.06 Å². The highest BCUT2D eigenvalue weighted by molar-refractivity contribution is 5.74. The number of carbonyl (C=O) groups is 1. The molecule has 1 aliphatic heterocycles. The molecule has 0 aromatic rings. The standard InChI is InChI=1S/C7H13NO2/c1-8-7(9)5-3-2-4-6-10-8/h2-6H2,1H3. The summed E-state index contributed by atoms with van der Waals surface area (Å²) >= 11 is 0. The van der Waals surface area contributed by atoms with E-state index in [0.29, 0.717) is 13.0 Å². The molecule has 1 rings (SSSR count). The molecule has 0 atom stereocenters. The molecule has 0 unspecified atom stereocenters. The third kappa shape index (κ3) is 1.99. The van der Waals surface area contributed by atoms with Crippen LogP contribution in [0.15, 0.2) is 0 Å². The maximum absolute atomic E-state index is 11.0. The van der Waals surface area contributed by atoms with Gasteiger partial charge in [0.05, 0.1) is 6.61 Å². The molecular weight excluding hydrogens is 130 g/mol. The molecule has 58 valence electrons. The van der Waals surface area contributed by atoms with E-state index in [4.69, 9.17) is 4.84 Å².